The molecule has 0 aliphatic rings. The van der Waals surface area contributed by atoms with Gasteiger partial charge in [0.2, 0.25) is 0 Å². The Kier molecular flexibility index (Phi) is 7.78. The molecule has 0 aliphatic heterocycles. The lowest BCUT2D eigenvalue weighted by atomic mass is 10.1. The summed E-state index contributed by atoms with van der Waals surface area (Å²) in [6, 6.07) is 4.42. The van der Waals surface area contributed by atoms with Crippen molar-refractivity contribution < 1.29 is 9.15 Å². The summed E-state index contributed by atoms with van der Waals surface area (Å²) in [6.07, 6.45) is 6.32. The molecule has 0 spiro atoms. The second-order valence-corrected chi connectivity index (χ2v) is 4.70. The molecule has 1 N–H and O–H groups in total. The third-order valence-corrected chi connectivity index (χ3v) is 3.11. The zero-order valence-corrected chi connectivity index (χ0v) is 12.0. The average Bonchev–Trinajstić information content (AvgIpc) is 2.82. The molecule has 0 saturated heterocycles. The van der Waals surface area contributed by atoms with E-state index in [2.05, 4.69) is 25.2 Å². The van der Waals surface area contributed by atoms with E-state index in [4.69, 9.17) is 9.15 Å². The summed E-state index contributed by atoms with van der Waals surface area (Å²) in [7, 11) is 1.69. The molecular weight excluding hydrogens is 226 g/mol. The first-order chi connectivity index (χ1) is 8.81. The van der Waals surface area contributed by atoms with Gasteiger partial charge in [-0.25, -0.2) is 0 Å². The molecule has 1 aromatic rings. The number of hydrogen-bond donors (Lipinski definition) is 1. The van der Waals surface area contributed by atoms with Crippen molar-refractivity contribution in [2.75, 3.05) is 13.7 Å². The molecule has 1 heterocycles. The van der Waals surface area contributed by atoms with Crippen LogP contribution in [0, 0.1) is 0 Å². The second kappa shape index (κ2) is 9.17. The molecule has 0 amide bonds. The number of nitrogens with one attached hydrogen (secondary N) is 1. The third kappa shape index (κ3) is 5.23. The van der Waals surface area contributed by atoms with Crippen molar-refractivity contribution >= 4 is 0 Å². The normalized spacial score (nSPS) is 12.8. The van der Waals surface area contributed by atoms with Crippen molar-refractivity contribution in [2.45, 2.75) is 58.6 Å². The number of ether oxygens (including phenoxy) is 1. The van der Waals surface area contributed by atoms with Crippen molar-refractivity contribution in [1.29, 1.82) is 0 Å². The van der Waals surface area contributed by atoms with Gasteiger partial charge in [0.25, 0.3) is 0 Å². The summed E-state index contributed by atoms with van der Waals surface area (Å²) < 4.78 is 10.9. The average molecular weight is 253 g/mol. The Bertz CT molecular complexity index is 309. The number of rotatable bonds is 10. The highest BCUT2D eigenvalue weighted by atomic mass is 16.5. The summed E-state index contributed by atoms with van der Waals surface area (Å²) in [5.41, 5.74) is 0. The van der Waals surface area contributed by atoms with Crippen LogP contribution in [0.25, 0.3) is 0 Å². The van der Waals surface area contributed by atoms with Crippen LogP contribution in [0.2, 0.25) is 0 Å². The number of hydrogen-bond acceptors (Lipinski definition) is 3. The molecule has 0 aliphatic carbocycles. The van der Waals surface area contributed by atoms with E-state index in [1.54, 1.807) is 7.11 Å². The number of unbranched alkanes of at least 4 members (excludes halogenated alkanes) is 3. The third-order valence-electron chi connectivity index (χ3n) is 3.11. The fraction of sp³-hybridized carbons (Fsp3) is 0.733. The van der Waals surface area contributed by atoms with E-state index in [1.165, 1.54) is 25.7 Å². The van der Waals surface area contributed by atoms with Gasteiger partial charge >= 0.3 is 0 Å². The topological polar surface area (TPSA) is 34.4 Å². The van der Waals surface area contributed by atoms with Gasteiger partial charge in [0.15, 0.2) is 0 Å². The molecule has 1 rings (SSSR count). The Morgan fingerprint density at radius 2 is 2.06 bits per heavy atom. The van der Waals surface area contributed by atoms with Gasteiger partial charge in [-0.2, -0.15) is 0 Å². The molecule has 1 atom stereocenters. The lowest BCUT2D eigenvalue weighted by Gasteiger charge is -2.15. The summed E-state index contributed by atoms with van der Waals surface area (Å²) in [5.74, 6) is 1.95. The zero-order chi connectivity index (χ0) is 13.2. The smallest absolute Gasteiger partial charge is 0.129 e. The van der Waals surface area contributed by atoms with Gasteiger partial charge in [-0.15, -0.1) is 0 Å². The second-order valence-electron chi connectivity index (χ2n) is 4.70. The lowest BCUT2D eigenvalue weighted by Crippen LogP contribution is -2.20. The highest BCUT2D eigenvalue weighted by Crippen LogP contribution is 2.22. The molecule has 0 saturated carbocycles. The molecule has 18 heavy (non-hydrogen) atoms. The highest BCUT2D eigenvalue weighted by Gasteiger charge is 2.14. The summed E-state index contributed by atoms with van der Waals surface area (Å²) in [4.78, 5) is 0. The maximum Gasteiger partial charge on any atom is 0.129 e. The Labute approximate surface area is 111 Å². The quantitative estimate of drug-likeness (QED) is 0.639. The fourth-order valence-electron chi connectivity index (χ4n) is 2.17. The SMILES string of the molecule is CCCCCCC(NCC)c1ccc(COC)o1. The van der Waals surface area contributed by atoms with Crippen LogP contribution in [0.5, 0.6) is 0 Å². The lowest BCUT2D eigenvalue weighted by molar-refractivity contribution is 0.161. The largest absolute Gasteiger partial charge is 0.462 e. The van der Waals surface area contributed by atoms with E-state index < -0.39 is 0 Å². The van der Waals surface area contributed by atoms with Crippen LogP contribution in [0.3, 0.4) is 0 Å². The highest BCUT2D eigenvalue weighted by molar-refractivity contribution is 5.10. The predicted octanol–water partition coefficient (Wildman–Crippen LogP) is 4.05. The Hall–Kier alpha value is -0.800. The Balaban J connectivity index is 2.48. The first-order valence-corrected chi connectivity index (χ1v) is 7.12. The maximum absolute atomic E-state index is 5.81. The van der Waals surface area contributed by atoms with Crippen LogP contribution < -0.4 is 5.32 Å². The van der Waals surface area contributed by atoms with Crippen LogP contribution in [-0.4, -0.2) is 13.7 Å². The van der Waals surface area contributed by atoms with Gasteiger partial charge in [0, 0.05) is 7.11 Å². The maximum atomic E-state index is 5.81. The summed E-state index contributed by atoms with van der Waals surface area (Å²) in [5, 5.41) is 3.50. The standard InChI is InChI=1S/C15H27NO2/c1-4-6-7-8-9-14(16-5-2)15-11-10-13(18-15)12-17-3/h10-11,14,16H,4-9,12H2,1-3H3. The van der Waals surface area contributed by atoms with Crippen LogP contribution in [0.15, 0.2) is 16.5 Å². The minimum Gasteiger partial charge on any atom is -0.462 e. The monoisotopic (exact) mass is 253 g/mol. The molecule has 3 nitrogen and oxygen atoms in total. The van der Waals surface area contributed by atoms with Crippen molar-refractivity contribution in [3.8, 4) is 0 Å². The van der Waals surface area contributed by atoms with Gasteiger partial charge in [-0.05, 0) is 25.1 Å². The van der Waals surface area contributed by atoms with E-state index in [1.807, 2.05) is 6.07 Å². The number of methoxy groups -OCH3 is 1. The van der Waals surface area contributed by atoms with Crippen molar-refractivity contribution in [2.24, 2.45) is 0 Å². The Morgan fingerprint density at radius 3 is 2.72 bits per heavy atom. The summed E-state index contributed by atoms with van der Waals surface area (Å²) >= 11 is 0. The van der Waals surface area contributed by atoms with Gasteiger partial charge in [-0.1, -0.05) is 39.5 Å². The van der Waals surface area contributed by atoms with Crippen molar-refractivity contribution in [3.63, 3.8) is 0 Å². The van der Waals surface area contributed by atoms with Gasteiger partial charge in [0.05, 0.1) is 6.04 Å². The van der Waals surface area contributed by atoms with E-state index in [9.17, 15) is 0 Å². The molecule has 1 aromatic heterocycles. The van der Waals surface area contributed by atoms with E-state index >= 15 is 0 Å². The van der Waals surface area contributed by atoms with Crippen molar-refractivity contribution in [1.82, 2.24) is 5.32 Å². The summed E-state index contributed by atoms with van der Waals surface area (Å²) in [6.45, 7) is 5.90. The van der Waals surface area contributed by atoms with E-state index in [0.717, 1.165) is 24.5 Å². The van der Waals surface area contributed by atoms with Crippen LogP contribution in [-0.2, 0) is 11.3 Å². The van der Waals surface area contributed by atoms with Crippen LogP contribution >= 0.6 is 0 Å². The van der Waals surface area contributed by atoms with Crippen molar-refractivity contribution in [3.05, 3.63) is 23.7 Å². The first-order valence-electron chi connectivity index (χ1n) is 7.12. The van der Waals surface area contributed by atoms with E-state index in [-0.39, 0.29) is 0 Å². The molecule has 104 valence electrons. The van der Waals surface area contributed by atoms with Gasteiger partial charge in [-0.3, -0.25) is 0 Å². The first kappa shape index (κ1) is 15.3. The zero-order valence-electron chi connectivity index (χ0n) is 12.0. The predicted molar refractivity (Wildman–Crippen MR) is 74.6 cm³/mol. The van der Waals surface area contributed by atoms with E-state index in [0.29, 0.717) is 12.6 Å². The minimum atomic E-state index is 0.345. The molecule has 1 unspecified atom stereocenters. The molecule has 0 aromatic carbocycles. The molecule has 0 fully saturated rings. The minimum absolute atomic E-state index is 0.345. The Morgan fingerprint density at radius 1 is 1.22 bits per heavy atom. The molecule has 0 radical (unpaired) electrons. The van der Waals surface area contributed by atoms with Gasteiger partial charge in [0.1, 0.15) is 18.1 Å². The fourth-order valence-corrected chi connectivity index (χ4v) is 2.17. The van der Waals surface area contributed by atoms with Crippen LogP contribution in [0.1, 0.15) is 63.5 Å². The van der Waals surface area contributed by atoms with Crippen LogP contribution in [0.4, 0.5) is 0 Å². The molecule has 0 bridgehead atoms. The molecule has 3 heteroatoms. The number of furan rings is 1. The van der Waals surface area contributed by atoms with Gasteiger partial charge < -0.3 is 14.5 Å². The molecular formula is C15H27NO2.